The predicted octanol–water partition coefficient (Wildman–Crippen LogP) is 4.94. The van der Waals surface area contributed by atoms with E-state index in [-0.39, 0.29) is 16.8 Å². The van der Waals surface area contributed by atoms with E-state index in [2.05, 4.69) is 15.8 Å². The zero-order valence-electron chi connectivity index (χ0n) is 21.0. The first-order valence-corrected chi connectivity index (χ1v) is 13.6. The fraction of sp³-hybridized carbons (Fsp3) is 0.138. The molecule has 0 radical (unpaired) electrons. The van der Waals surface area contributed by atoms with Crippen LogP contribution in [0.15, 0.2) is 113 Å². The van der Waals surface area contributed by atoms with Gasteiger partial charge >= 0.3 is 0 Å². The average molecular weight is 526 g/mol. The largest absolute Gasteiger partial charge is 0.378 e. The minimum Gasteiger partial charge on any atom is -0.378 e. The Kier molecular flexibility index (Phi) is 6.93. The van der Waals surface area contributed by atoms with Gasteiger partial charge in [-0.05, 0) is 59.7 Å². The quantitative estimate of drug-likeness (QED) is 0.369. The second kappa shape index (κ2) is 10.5. The van der Waals surface area contributed by atoms with E-state index in [0.717, 1.165) is 22.5 Å². The van der Waals surface area contributed by atoms with Gasteiger partial charge in [0.2, 0.25) is 0 Å². The lowest BCUT2D eigenvalue weighted by atomic mass is 9.97. The summed E-state index contributed by atoms with van der Waals surface area (Å²) in [6.45, 7) is 0. The third-order valence-corrected chi connectivity index (χ3v) is 7.74. The number of benzene rings is 3. The summed E-state index contributed by atoms with van der Waals surface area (Å²) in [4.78, 5) is 19.7. The van der Waals surface area contributed by atoms with Crippen LogP contribution in [-0.4, -0.2) is 44.1 Å². The van der Waals surface area contributed by atoms with Crippen molar-refractivity contribution in [2.75, 3.05) is 23.7 Å². The molecule has 1 N–H and O–H groups in total. The maximum atomic E-state index is 13.5. The van der Waals surface area contributed by atoms with Crippen LogP contribution in [0.25, 0.3) is 0 Å². The number of anilines is 2. The fourth-order valence-electron chi connectivity index (χ4n) is 4.31. The summed E-state index contributed by atoms with van der Waals surface area (Å²) in [5.41, 5.74) is 4.50. The Morgan fingerprint density at radius 2 is 1.63 bits per heavy atom. The van der Waals surface area contributed by atoms with Crippen molar-refractivity contribution in [3.05, 3.63) is 120 Å². The highest BCUT2D eigenvalue weighted by atomic mass is 32.2. The molecule has 0 bridgehead atoms. The minimum absolute atomic E-state index is 0.192. The van der Waals surface area contributed by atoms with Gasteiger partial charge in [-0.2, -0.15) is 5.10 Å². The van der Waals surface area contributed by atoms with Crippen LogP contribution in [0.3, 0.4) is 0 Å². The number of hydrazone groups is 1. The van der Waals surface area contributed by atoms with Gasteiger partial charge in [0, 0.05) is 49.8 Å². The number of nitrogens with zero attached hydrogens (tertiary/aromatic N) is 4. The van der Waals surface area contributed by atoms with Crippen LogP contribution in [0.1, 0.15) is 33.9 Å². The first-order valence-electron chi connectivity index (χ1n) is 12.1. The molecule has 38 heavy (non-hydrogen) atoms. The van der Waals surface area contributed by atoms with Gasteiger partial charge in [0.15, 0.2) is 0 Å². The van der Waals surface area contributed by atoms with Crippen molar-refractivity contribution >= 4 is 33.0 Å². The van der Waals surface area contributed by atoms with E-state index in [9.17, 15) is 13.2 Å². The number of carbonyl (C=O) groups excluding carboxylic acids is 1. The molecule has 192 valence electrons. The molecule has 8 nitrogen and oxygen atoms in total. The summed E-state index contributed by atoms with van der Waals surface area (Å²) in [7, 11) is 0.257. The zero-order valence-corrected chi connectivity index (χ0v) is 21.8. The van der Waals surface area contributed by atoms with Crippen molar-refractivity contribution < 1.29 is 13.2 Å². The number of hydrogen-bond acceptors (Lipinski definition) is 6. The molecule has 9 heteroatoms. The third-order valence-electron chi connectivity index (χ3n) is 6.34. The second-order valence-electron chi connectivity index (χ2n) is 9.14. The van der Waals surface area contributed by atoms with Gasteiger partial charge in [-0.1, -0.05) is 42.5 Å². The molecule has 2 heterocycles. The van der Waals surface area contributed by atoms with Gasteiger partial charge in [-0.3, -0.25) is 14.5 Å². The number of sulfonamides is 1. The van der Waals surface area contributed by atoms with Crippen molar-refractivity contribution in [2.45, 2.75) is 17.4 Å². The van der Waals surface area contributed by atoms with E-state index < -0.39 is 10.0 Å². The Morgan fingerprint density at radius 3 is 2.32 bits per heavy atom. The maximum absolute atomic E-state index is 13.5. The summed E-state index contributed by atoms with van der Waals surface area (Å²) in [6.07, 6.45) is 3.69. The summed E-state index contributed by atoms with van der Waals surface area (Å²) >= 11 is 0. The summed E-state index contributed by atoms with van der Waals surface area (Å²) in [5, 5.41) is 6.28. The van der Waals surface area contributed by atoms with Crippen LogP contribution in [0, 0.1) is 0 Å². The predicted molar refractivity (Wildman–Crippen MR) is 149 cm³/mol. The molecule has 0 saturated carbocycles. The zero-order chi connectivity index (χ0) is 26.7. The lowest BCUT2D eigenvalue weighted by molar-refractivity contribution is 0.0711. The van der Waals surface area contributed by atoms with E-state index in [1.165, 1.54) is 5.01 Å². The first kappa shape index (κ1) is 25.2. The smallest absolute Gasteiger partial charge is 0.274 e. The molecule has 0 spiro atoms. The van der Waals surface area contributed by atoms with Crippen molar-refractivity contribution in [3.8, 4) is 0 Å². The van der Waals surface area contributed by atoms with E-state index in [1.807, 2.05) is 49.3 Å². The fourth-order valence-corrected chi connectivity index (χ4v) is 5.39. The second-order valence-corrected chi connectivity index (χ2v) is 10.8. The van der Waals surface area contributed by atoms with E-state index in [0.29, 0.717) is 17.7 Å². The van der Waals surface area contributed by atoms with Gasteiger partial charge in [0.1, 0.15) is 0 Å². The number of rotatable bonds is 7. The molecule has 3 aromatic carbocycles. The standard InChI is InChI=1S/C29H27N5O3S/c1-33(2)25-8-6-7-23(19-25)28-20-27(31-34(28)29(35)22-15-17-30-18-16-22)21-11-13-24(14-12-21)32-38(36,37)26-9-4-3-5-10-26/h3-19,28,32H,20H2,1-2H3. The SMILES string of the molecule is CN(C)c1cccc(C2CC(c3ccc(NS(=O)(=O)c4ccccc4)cc3)=NN2C(=O)c2ccncc2)c1. The Labute approximate surface area is 222 Å². The van der Waals surface area contributed by atoms with Gasteiger partial charge < -0.3 is 4.90 Å². The number of nitrogens with one attached hydrogen (secondary N) is 1. The van der Waals surface area contributed by atoms with Crippen molar-refractivity contribution in [2.24, 2.45) is 5.10 Å². The summed E-state index contributed by atoms with van der Waals surface area (Å²) < 4.78 is 28.0. The Balaban J connectivity index is 1.44. The van der Waals surface area contributed by atoms with Crippen LogP contribution in [0.2, 0.25) is 0 Å². The highest BCUT2D eigenvalue weighted by Crippen LogP contribution is 2.35. The minimum atomic E-state index is -3.69. The molecular weight excluding hydrogens is 498 g/mol. The molecule has 0 fully saturated rings. The molecule has 1 aliphatic rings. The summed E-state index contributed by atoms with van der Waals surface area (Å²) in [5.74, 6) is -0.213. The van der Waals surface area contributed by atoms with E-state index in [1.54, 1.807) is 67.0 Å². The Hall–Kier alpha value is -4.50. The number of pyridine rings is 1. The average Bonchev–Trinajstić information content (AvgIpc) is 3.39. The lowest BCUT2D eigenvalue weighted by Gasteiger charge is -2.23. The van der Waals surface area contributed by atoms with Gasteiger partial charge in [0.05, 0.1) is 16.6 Å². The van der Waals surface area contributed by atoms with E-state index in [4.69, 9.17) is 5.10 Å². The van der Waals surface area contributed by atoms with Gasteiger partial charge in [-0.15, -0.1) is 0 Å². The molecule has 1 unspecified atom stereocenters. The normalized spacial score (nSPS) is 15.2. The van der Waals surface area contributed by atoms with Crippen LogP contribution < -0.4 is 9.62 Å². The first-order chi connectivity index (χ1) is 18.3. The molecule has 1 aromatic heterocycles. The number of aromatic nitrogens is 1. The molecule has 4 aromatic rings. The highest BCUT2D eigenvalue weighted by Gasteiger charge is 2.34. The van der Waals surface area contributed by atoms with Crippen LogP contribution >= 0.6 is 0 Å². The maximum Gasteiger partial charge on any atom is 0.274 e. The molecule has 1 amide bonds. The molecule has 1 atom stereocenters. The lowest BCUT2D eigenvalue weighted by Crippen LogP contribution is -2.27. The van der Waals surface area contributed by atoms with Crippen LogP contribution in [0.5, 0.6) is 0 Å². The molecule has 0 saturated heterocycles. The van der Waals surface area contributed by atoms with E-state index >= 15 is 0 Å². The Morgan fingerprint density at radius 1 is 0.921 bits per heavy atom. The highest BCUT2D eigenvalue weighted by molar-refractivity contribution is 7.92. The van der Waals surface area contributed by atoms with Crippen LogP contribution in [-0.2, 0) is 10.0 Å². The Bertz CT molecular complexity index is 1570. The monoisotopic (exact) mass is 525 g/mol. The van der Waals surface area contributed by atoms with Crippen molar-refractivity contribution in [3.63, 3.8) is 0 Å². The van der Waals surface area contributed by atoms with Crippen molar-refractivity contribution in [1.82, 2.24) is 9.99 Å². The topological polar surface area (TPSA) is 95.0 Å². The van der Waals surface area contributed by atoms with Crippen molar-refractivity contribution in [1.29, 1.82) is 0 Å². The molecular formula is C29H27N5O3S. The molecule has 0 aliphatic carbocycles. The van der Waals surface area contributed by atoms with Gasteiger partial charge in [-0.25, -0.2) is 13.4 Å². The number of carbonyl (C=O) groups is 1. The van der Waals surface area contributed by atoms with Crippen LogP contribution in [0.4, 0.5) is 11.4 Å². The van der Waals surface area contributed by atoms with Gasteiger partial charge in [0.25, 0.3) is 15.9 Å². The third kappa shape index (κ3) is 5.28. The summed E-state index contributed by atoms with van der Waals surface area (Å²) in [6, 6.07) is 26.4. The molecule has 5 rings (SSSR count). The number of hydrogen-bond donors (Lipinski definition) is 1. The molecule has 1 aliphatic heterocycles. The number of amides is 1.